The molecule has 0 bridgehead atoms. The van der Waals surface area contributed by atoms with E-state index in [1.807, 2.05) is 24.3 Å². The number of carbonyl (C=O) groups is 2. The maximum Gasteiger partial charge on any atom is 0.335 e. The summed E-state index contributed by atoms with van der Waals surface area (Å²) in [6.07, 6.45) is 0. The minimum atomic E-state index is -1.12. The van der Waals surface area contributed by atoms with Gasteiger partial charge in [0, 0.05) is 35.5 Å². The number of halogens is 1. The molecule has 172 valence electrons. The molecular weight excluding hydrogens is 456 g/mol. The van der Waals surface area contributed by atoms with Crippen LogP contribution in [-0.4, -0.2) is 48.4 Å². The number of amides is 1. The van der Waals surface area contributed by atoms with Gasteiger partial charge in [-0.05, 0) is 42.0 Å². The Morgan fingerprint density at radius 3 is 2.35 bits per heavy atom. The molecule has 0 aliphatic carbocycles. The number of fused-ring (bicyclic) bond motifs is 1. The van der Waals surface area contributed by atoms with E-state index in [1.165, 1.54) is 18.2 Å². The highest BCUT2D eigenvalue weighted by atomic mass is 35.5. The Balaban J connectivity index is 1.54. The molecule has 3 aromatic carbocycles. The first kappa shape index (κ1) is 22.0. The Hall–Kier alpha value is -3.81. The van der Waals surface area contributed by atoms with E-state index in [9.17, 15) is 19.8 Å². The maximum absolute atomic E-state index is 12.7. The minimum absolute atomic E-state index is 0.0143. The van der Waals surface area contributed by atoms with Crippen molar-refractivity contribution in [3.8, 4) is 11.1 Å². The Morgan fingerprint density at radius 2 is 1.65 bits per heavy atom. The molecular formula is C26H21ClN2O5. The van der Waals surface area contributed by atoms with Crippen LogP contribution in [0.3, 0.4) is 0 Å². The first-order chi connectivity index (χ1) is 16.4. The summed E-state index contributed by atoms with van der Waals surface area (Å²) in [5.74, 6) is -1.90. The second kappa shape index (κ2) is 8.85. The molecule has 0 spiro atoms. The van der Waals surface area contributed by atoms with E-state index in [4.69, 9.17) is 16.3 Å². The lowest BCUT2D eigenvalue weighted by Gasteiger charge is -2.29. The minimum Gasteiger partial charge on any atom is -0.506 e. The van der Waals surface area contributed by atoms with Crippen molar-refractivity contribution in [3.63, 3.8) is 0 Å². The van der Waals surface area contributed by atoms with E-state index in [1.54, 1.807) is 18.2 Å². The number of morpholine rings is 1. The number of rotatable bonds is 4. The Kier molecular flexibility index (Phi) is 5.73. The van der Waals surface area contributed by atoms with E-state index in [2.05, 4.69) is 10.2 Å². The third-order valence-electron chi connectivity index (χ3n) is 6.03. The third-order valence-corrected chi connectivity index (χ3v) is 6.34. The molecule has 0 saturated carbocycles. The van der Waals surface area contributed by atoms with Crippen molar-refractivity contribution < 1.29 is 24.5 Å². The van der Waals surface area contributed by atoms with Gasteiger partial charge in [-0.25, -0.2) is 4.79 Å². The molecule has 0 atom stereocenters. The molecule has 34 heavy (non-hydrogen) atoms. The molecule has 2 aliphatic rings. The van der Waals surface area contributed by atoms with E-state index in [0.717, 1.165) is 29.9 Å². The zero-order chi connectivity index (χ0) is 23.8. The van der Waals surface area contributed by atoms with Gasteiger partial charge < -0.3 is 25.2 Å². The van der Waals surface area contributed by atoms with Crippen LogP contribution in [0.4, 0.5) is 11.4 Å². The van der Waals surface area contributed by atoms with Gasteiger partial charge >= 0.3 is 5.97 Å². The summed E-state index contributed by atoms with van der Waals surface area (Å²) in [7, 11) is 0. The zero-order valence-corrected chi connectivity index (χ0v) is 18.8. The van der Waals surface area contributed by atoms with Crippen molar-refractivity contribution in [2.75, 3.05) is 36.5 Å². The largest absolute Gasteiger partial charge is 0.506 e. The molecule has 1 saturated heterocycles. The molecule has 0 unspecified atom stereocenters. The van der Waals surface area contributed by atoms with Crippen LogP contribution in [0.5, 0.6) is 0 Å². The van der Waals surface area contributed by atoms with Crippen molar-refractivity contribution >= 4 is 46.2 Å². The molecule has 1 amide bonds. The van der Waals surface area contributed by atoms with Crippen LogP contribution in [0, 0.1) is 0 Å². The molecule has 8 heteroatoms. The predicted molar refractivity (Wildman–Crippen MR) is 131 cm³/mol. The van der Waals surface area contributed by atoms with E-state index in [-0.39, 0.29) is 22.5 Å². The summed E-state index contributed by atoms with van der Waals surface area (Å²) < 4.78 is 5.41. The van der Waals surface area contributed by atoms with Crippen LogP contribution in [0.25, 0.3) is 22.5 Å². The molecule has 2 heterocycles. The number of anilines is 2. The normalized spacial score (nSPS) is 16.7. The van der Waals surface area contributed by atoms with Gasteiger partial charge in [-0.3, -0.25) is 4.79 Å². The highest BCUT2D eigenvalue weighted by molar-refractivity contribution is 6.38. The second-order valence-electron chi connectivity index (χ2n) is 8.09. The Morgan fingerprint density at radius 1 is 0.941 bits per heavy atom. The third kappa shape index (κ3) is 4.00. The maximum atomic E-state index is 12.7. The molecule has 0 radical (unpaired) electrons. The fourth-order valence-corrected chi connectivity index (χ4v) is 4.54. The number of nitrogens with one attached hydrogen (secondary N) is 1. The number of carboxylic acid groups (broad SMARTS) is 1. The number of nitrogens with zero attached hydrogens (tertiary/aromatic N) is 1. The molecule has 3 N–H and O–H groups in total. The number of aromatic carboxylic acids is 1. The van der Waals surface area contributed by atoms with Crippen LogP contribution in [0.2, 0.25) is 5.02 Å². The standard InChI is InChI=1S/C26H21ClN2O5/c27-21-14-22-20(13-19(21)15-4-6-18(7-5-15)29-8-10-34-11-9-29)23(25(31)28-22)24(30)16-2-1-3-17(12-16)26(32)33/h1-7,12-14,30H,8-11H2,(H,28,31)(H,32,33). The van der Waals surface area contributed by atoms with Crippen LogP contribution >= 0.6 is 11.6 Å². The molecule has 0 aromatic heterocycles. The number of carbonyl (C=O) groups excluding carboxylic acids is 1. The van der Waals surface area contributed by atoms with E-state index < -0.39 is 11.9 Å². The molecule has 5 rings (SSSR count). The second-order valence-corrected chi connectivity index (χ2v) is 8.49. The van der Waals surface area contributed by atoms with Gasteiger partial charge in [0.15, 0.2) is 0 Å². The number of aliphatic hydroxyl groups is 1. The fraction of sp³-hybridized carbons (Fsp3) is 0.154. The summed E-state index contributed by atoms with van der Waals surface area (Å²) in [5.41, 5.74) is 3.99. The van der Waals surface area contributed by atoms with Crippen molar-refractivity contribution in [2.24, 2.45) is 0 Å². The van der Waals surface area contributed by atoms with Crippen LogP contribution in [0.15, 0.2) is 60.7 Å². The van der Waals surface area contributed by atoms with Gasteiger partial charge in [0.25, 0.3) is 5.91 Å². The Bertz CT molecular complexity index is 1330. The lowest BCUT2D eigenvalue weighted by Crippen LogP contribution is -2.36. The summed E-state index contributed by atoms with van der Waals surface area (Å²) in [6.45, 7) is 3.08. The van der Waals surface area contributed by atoms with E-state index in [0.29, 0.717) is 29.5 Å². The SMILES string of the molecule is O=C1Nc2cc(Cl)c(-c3ccc(N4CCOCC4)cc3)cc2C1=C(O)c1cccc(C(=O)O)c1. The summed E-state index contributed by atoms with van der Waals surface area (Å²) in [6, 6.07) is 17.3. The summed E-state index contributed by atoms with van der Waals surface area (Å²) >= 11 is 6.56. The average molecular weight is 477 g/mol. The first-order valence-electron chi connectivity index (χ1n) is 10.8. The highest BCUT2D eigenvalue weighted by Crippen LogP contribution is 2.42. The van der Waals surface area contributed by atoms with Gasteiger partial charge in [0.2, 0.25) is 0 Å². The Labute approximate surface area is 200 Å². The number of hydrogen-bond donors (Lipinski definition) is 3. The highest BCUT2D eigenvalue weighted by Gasteiger charge is 2.30. The average Bonchev–Trinajstić information content (AvgIpc) is 3.18. The van der Waals surface area contributed by atoms with Crippen LogP contribution in [-0.2, 0) is 9.53 Å². The number of hydrogen-bond acceptors (Lipinski definition) is 5. The van der Waals surface area contributed by atoms with Crippen molar-refractivity contribution in [3.05, 3.63) is 82.4 Å². The van der Waals surface area contributed by atoms with Gasteiger partial charge in [0.1, 0.15) is 5.76 Å². The van der Waals surface area contributed by atoms with Crippen molar-refractivity contribution in [1.29, 1.82) is 0 Å². The summed E-state index contributed by atoms with van der Waals surface area (Å²) in [4.78, 5) is 26.3. The van der Waals surface area contributed by atoms with Crippen molar-refractivity contribution in [1.82, 2.24) is 0 Å². The van der Waals surface area contributed by atoms with Gasteiger partial charge in [-0.1, -0.05) is 35.9 Å². The predicted octanol–water partition coefficient (Wildman–Crippen LogP) is 4.92. The molecule has 2 aliphatic heterocycles. The van der Waals surface area contributed by atoms with Crippen LogP contribution < -0.4 is 10.2 Å². The quantitative estimate of drug-likeness (QED) is 0.365. The van der Waals surface area contributed by atoms with Gasteiger partial charge in [0.05, 0.1) is 35.1 Å². The van der Waals surface area contributed by atoms with Gasteiger partial charge in [-0.2, -0.15) is 0 Å². The summed E-state index contributed by atoms with van der Waals surface area (Å²) in [5, 5.41) is 23.4. The fourth-order valence-electron chi connectivity index (χ4n) is 4.26. The van der Waals surface area contributed by atoms with Crippen LogP contribution in [0.1, 0.15) is 21.5 Å². The molecule has 7 nitrogen and oxygen atoms in total. The zero-order valence-electron chi connectivity index (χ0n) is 18.0. The number of ether oxygens (including phenoxy) is 1. The first-order valence-corrected chi connectivity index (χ1v) is 11.2. The smallest absolute Gasteiger partial charge is 0.335 e. The number of benzene rings is 3. The van der Waals surface area contributed by atoms with Gasteiger partial charge in [-0.15, -0.1) is 0 Å². The van der Waals surface area contributed by atoms with Crippen molar-refractivity contribution in [2.45, 2.75) is 0 Å². The molecule has 1 fully saturated rings. The number of aliphatic hydroxyl groups excluding tert-OH is 1. The monoisotopic (exact) mass is 476 g/mol. The molecule has 3 aromatic rings. The number of carboxylic acids is 1. The lowest BCUT2D eigenvalue weighted by molar-refractivity contribution is -0.110. The van der Waals surface area contributed by atoms with E-state index >= 15 is 0 Å². The lowest BCUT2D eigenvalue weighted by atomic mass is 9.96. The topological polar surface area (TPSA) is 99.1 Å².